The topological polar surface area (TPSA) is 94.9 Å². The molecule has 0 aliphatic rings. The van der Waals surface area contributed by atoms with Crippen LogP contribution in [0.4, 0.5) is 0 Å². The molecule has 2 N–H and O–H groups in total. The van der Waals surface area contributed by atoms with Gasteiger partial charge in [-0.2, -0.15) is 0 Å². The monoisotopic (exact) mass is 313 g/mol. The van der Waals surface area contributed by atoms with Crippen molar-refractivity contribution in [2.45, 2.75) is 6.42 Å². The fourth-order valence-electron chi connectivity index (χ4n) is 1.97. The van der Waals surface area contributed by atoms with Gasteiger partial charge in [0.15, 0.2) is 5.78 Å². The molecular formula is C14H16ClNO5. The molecule has 1 aromatic carbocycles. The van der Waals surface area contributed by atoms with Crippen LogP contribution in [-0.2, 0) is 9.59 Å². The third kappa shape index (κ3) is 5.93. The van der Waals surface area contributed by atoms with Gasteiger partial charge in [-0.3, -0.25) is 19.3 Å². The Morgan fingerprint density at radius 2 is 1.71 bits per heavy atom. The lowest BCUT2D eigenvalue weighted by atomic mass is 9.94. The van der Waals surface area contributed by atoms with Crippen LogP contribution < -0.4 is 0 Å². The molecular weight excluding hydrogens is 298 g/mol. The number of ketones is 1. The summed E-state index contributed by atoms with van der Waals surface area (Å²) in [5, 5.41) is 18.1. The number of likely N-dealkylation sites (N-methyl/N-ethyl adjacent to an activating group) is 1. The summed E-state index contributed by atoms with van der Waals surface area (Å²) in [5.74, 6) is -3.30. The van der Waals surface area contributed by atoms with Crippen molar-refractivity contribution >= 4 is 29.3 Å². The van der Waals surface area contributed by atoms with Crippen molar-refractivity contribution in [2.24, 2.45) is 5.92 Å². The van der Waals surface area contributed by atoms with Gasteiger partial charge in [0.2, 0.25) is 0 Å². The Morgan fingerprint density at radius 3 is 2.19 bits per heavy atom. The summed E-state index contributed by atoms with van der Waals surface area (Å²) < 4.78 is 0. The van der Waals surface area contributed by atoms with E-state index in [0.29, 0.717) is 10.6 Å². The summed E-state index contributed by atoms with van der Waals surface area (Å²) in [7, 11) is 1.53. The number of carbonyl (C=O) groups excluding carboxylic acids is 1. The van der Waals surface area contributed by atoms with E-state index >= 15 is 0 Å². The molecule has 0 bridgehead atoms. The zero-order chi connectivity index (χ0) is 16.0. The van der Waals surface area contributed by atoms with E-state index in [1.54, 1.807) is 12.1 Å². The van der Waals surface area contributed by atoms with Crippen LogP contribution in [0.3, 0.4) is 0 Å². The number of nitrogens with zero attached hydrogens (tertiary/aromatic N) is 1. The van der Waals surface area contributed by atoms with Crippen LogP contribution in [0.15, 0.2) is 24.3 Å². The molecule has 0 saturated heterocycles. The quantitative estimate of drug-likeness (QED) is 0.708. The molecule has 0 radical (unpaired) electrons. The molecule has 1 unspecified atom stereocenters. The summed E-state index contributed by atoms with van der Waals surface area (Å²) in [6, 6.07) is 6.15. The molecule has 6 nitrogen and oxygen atoms in total. The average molecular weight is 314 g/mol. The first-order valence-electron chi connectivity index (χ1n) is 6.21. The minimum absolute atomic E-state index is 0.0556. The highest BCUT2D eigenvalue weighted by Crippen LogP contribution is 2.17. The molecule has 0 amide bonds. The lowest BCUT2D eigenvalue weighted by Crippen LogP contribution is -2.35. The fourth-order valence-corrected chi connectivity index (χ4v) is 2.10. The van der Waals surface area contributed by atoms with Crippen LogP contribution >= 0.6 is 11.6 Å². The van der Waals surface area contributed by atoms with Crippen molar-refractivity contribution in [1.82, 2.24) is 4.90 Å². The Morgan fingerprint density at radius 1 is 1.14 bits per heavy atom. The Hall–Kier alpha value is -1.92. The fraction of sp³-hybridized carbons (Fsp3) is 0.357. The van der Waals surface area contributed by atoms with Gasteiger partial charge in [-0.15, -0.1) is 0 Å². The van der Waals surface area contributed by atoms with Crippen LogP contribution in [0.2, 0.25) is 5.02 Å². The Labute approximate surface area is 126 Å². The van der Waals surface area contributed by atoms with Crippen LogP contribution in [-0.4, -0.2) is 53.0 Å². The number of Topliss-reactive ketones (excluding diaryl/α,β-unsaturated/α-hetero) is 1. The molecule has 0 saturated carbocycles. The minimum atomic E-state index is -1.11. The second-order valence-electron chi connectivity index (χ2n) is 4.76. The first-order valence-corrected chi connectivity index (χ1v) is 6.59. The SMILES string of the molecule is CN(CC(=O)O)CC(CC(=O)O)C(=O)c1ccc(Cl)cc1. The van der Waals surface area contributed by atoms with Gasteiger partial charge in [-0.05, 0) is 31.3 Å². The van der Waals surface area contributed by atoms with E-state index in [-0.39, 0.29) is 25.3 Å². The standard InChI is InChI=1S/C14H16ClNO5/c1-16(8-13(19)20)7-10(6-12(17)18)14(21)9-2-4-11(15)5-3-9/h2-5,10H,6-8H2,1H3,(H,17,18)(H,19,20). The van der Waals surface area contributed by atoms with E-state index < -0.39 is 17.9 Å². The van der Waals surface area contributed by atoms with Gasteiger partial charge in [0, 0.05) is 23.0 Å². The van der Waals surface area contributed by atoms with Gasteiger partial charge >= 0.3 is 11.9 Å². The Balaban J connectivity index is 2.85. The number of carboxylic acids is 2. The molecule has 0 aromatic heterocycles. The molecule has 0 aliphatic carbocycles. The number of aliphatic carboxylic acids is 2. The van der Waals surface area contributed by atoms with Crippen molar-refractivity contribution in [2.75, 3.05) is 20.1 Å². The van der Waals surface area contributed by atoms with E-state index in [1.165, 1.54) is 24.1 Å². The van der Waals surface area contributed by atoms with Gasteiger partial charge in [-0.1, -0.05) is 11.6 Å². The predicted molar refractivity (Wildman–Crippen MR) is 76.7 cm³/mol. The number of hydrogen-bond donors (Lipinski definition) is 2. The van der Waals surface area contributed by atoms with Crippen LogP contribution in [0.5, 0.6) is 0 Å². The predicted octanol–water partition coefficient (Wildman–Crippen LogP) is 1.63. The maximum absolute atomic E-state index is 12.3. The minimum Gasteiger partial charge on any atom is -0.481 e. The zero-order valence-corrected chi connectivity index (χ0v) is 12.2. The normalized spacial score (nSPS) is 12.1. The molecule has 1 rings (SSSR count). The van der Waals surface area contributed by atoms with Crippen molar-refractivity contribution in [3.63, 3.8) is 0 Å². The summed E-state index contributed by atoms with van der Waals surface area (Å²) >= 11 is 5.74. The number of halogens is 1. The second kappa shape index (κ2) is 7.75. The largest absolute Gasteiger partial charge is 0.481 e. The number of hydrogen-bond acceptors (Lipinski definition) is 4. The molecule has 21 heavy (non-hydrogen) atoms. The average Bonchev–Trinajstić information content (AvgIpc) is 2.36. The molecule has 0 aliphatic heterocycles. The van der Waals surface area contributed by atoms with Crippen molar-refractivity contribution in [1.29, 1.82) is 0 Å². The van der Waals surface area contributed by atoms with Crippen LogP contribution in [0.1, 0.15) is 16.8 Å². The van der Waals surface area contributed by atoms with Gasteiger partial charge in [0.05, 0.1) is 13.0 Å². The smallest absolute Gasteiger partial charge is 0.317 e. The van der Waals surface area contributed by atoms with Crippen molar-refractivity contribution < 1.29 is 24.6 Å². The molecule has 114 valence electrons. The molecule has 1 atom stereocenters. The van der Waals surface area contributed by atoms with Crippen LogP contribution in [0, 0.1) is 5.92 Å². The lowest BCUT2D eigenvalue weighted by molar-refractivity contribution is -0.138. The summed E-state index contributed by atoms with van der Waals surface area (Å²) in [6.07, 6.45) is -0.356. The van der Waals surface area contributed by atoms with Gasteiger partial charge < -0.3 is 10.2 Å². The molecule has 7 heteroatoms. The van der Waals surface area contributed by atoms with Crippen LogP contribution in [0.25, 0.3) is 0 Å². The Kier molecular flexibility index (Phi) is 6.33. The van der Waals surface area contributed by atoms with E-state index in [2.05, 4.69) is 0 Å². The molecule has 0 heterocycles. The highest BCUT2D eigenvalue weighted by atomic mass is 35.5. The van der Waals surface area contributed by atoms with E-state index in [4.69, 9.17) is 21.8 Å². The van der Waals surface area contributed by atoms with Gasteiger partial charge in [0.25, 0.3) is 0 Å². The zero-order valence-electron chi connectivity index (χ0n) is 11.5. The first kappa shape index (κ1) is 17.1. The highest BCUT2D eigenvalue weighted by Gasteiger charge is 2.25. The maximum Gasteiger partial charge on any atom is 0.317 e. The summed E-state index contributed by atoms with van der Waals surface area (Å²) in [4.78, 5) is 35.3. The van der Waals surface area contributed by atoms with E-state index in [0.717, 1.165) is 0 Å². The number of rotatable bonds is 8. The third-order valence-corrected chi connectivity index (χ3v) is 3.11. The first-order chi connectivity index (χ1) is 9.79. The van der Waals surface area contributed by atoms with E-state index in [1.807, 2.05) is 0 Å². The third-order valence-electron chi connectivity index (χ3n) is 2.86. The number of carbonyl (C=O) groups is 3. The summed E-state index contributed by atoms with van der Waals surface area (Å²) in [5.41, 5.74) is 0.356. The van der Waals surface area contributed by atoms with Crippen molar-refractivity contribution in [3.05, 3.63) is 34.9 Å². The Bertz CT molecular complexity index is 529. The lowest BCUT2D eigenvalue weighted by Gasteiger charge is -2.20. The molecule has 1 aromatic rings. The highest BCUT2D eigenvalue weighted by molar-refractivity contribution is 6.30. The van der Waals surface area contributed by atoms with E-state index in [9.17, 15) is 14.4 Å². The maximum atomic E-state index is 12.3. The van der Waals surface area contributed by atoms with Gasteiger partial charge in [-0.25, -0.2) is 0 Å². The molecule has 0 spiro atoms. The van der Waals surface area contributed by atoms with Gasteiger partial charge in [0.1, 0.15) is 0 Å². The second-order valence-corrected chi connectivity index (χ2v) is 5.19. The number of benzene rings is 1. The van der Waals surface area contributed by atoms with Crippen molar-refractivity contribution in [3.8, 4) is 0 Å². The number of carboxylic acid groups (broad SMARTS) is 2. The summed E-state index contributed by atoms with van der Waals surface area (Å²) in [6.45, 7) is -0.204. The molecule has 0 fully saturated rings.